The van der Waals surface area contributed by atoms with Gasteiger partial charge in [0.1, 0.15) is 12.1 Å². The molecule has 4 heteroatoms. The Hall–Kier alpha value is -0.410. The summed E-state index contributed by atoms with van der Waals surface area (Å²) >= 11 is 8.71. The van der Waals surface area contributed by atoms with Gasteiger partial charge in [-0.05, 0) is 24.1 Å². The van der Waals surface area contributed by atoms with E-state index < -0.39 is 5.82 Å². The first-order chi connectivity index (χ1) is 6.13. The maximum atomic E-state index is 12.7. The third-order valence-electron chi connectivity index (χ3n) is 1.56. The van der Waals surface area contributed by atoms with Crippen molar-refractivity contribution in [2.24, 2.45) is 0 Å². The summed E-state index contributed by atoms with van der Waals surface area (Å²) in [6.45, 7) is 0. The molecule has 0 N–H and O–H groups in total. The number of rotatable bonds is 3. The molecular weight excluding hydrogens is 258 g/mol. The van der Waals surface area contributed by atoms with E-state index in [4.69, 9.17) is 11.6 Å². The summed E-state index contributed by atoms with van der Waals surface area (Å²) in [5, 5.41) is 0.0862. The van der Waals surface area contributed by atoms with Crippen LogP contribution in [0.3, 0.4) is 0 Å². The first-order valence-electron chi connectivity index (χ1n) is 3.67. The number of carbonyl (C=O) groups is 1. The summed E-state index contributed by atoms with van der Waals surface area (Å²) in [4.78, 5) is 10.1. The predicted molar refractivity (Wildman–Crippen MR) is 53.9 cm³/mol. The molecule has 0 fully saturated rings. The summed E-state index contributed by atoms with van der Waals surface area (Å²) in [6, 6.07) is 4.43. The molecule has 0 heterocycles. The van der Waals surface area contributed by atoms with E-state index in [9.17, 15) is 9.18 Å². The van der Waals surface area contributed by atoms with Gasteiger partial charge in [0.05, 0.1) is 9.85 Å². The molecule has 0 radical (unpaired) electrons. The largest absolute Gasteiger partial charge is 0.302 e. The Kier molecular flexibility index (Phi) is 3.88. The molecule has 0 spiro atoms. The molecule has 0 bridgehead atoms. The lowest BCUT2D eigenvalue weighted by Gasteiger charge is -2.03. The second kappa shape index (κ2) is 4.72. The molecule has 1 rings (SSSR count). The van der Waals surface area contributed by atoms with Gasteiger partial charge in [-0.2, -0.15) is 0 Å². The fourth-order valence-corrected chi connectivity index (χ4v) is 1.52. The van der Waals surface area contributed by atoms with Gasteiger partial charge in [-0.25, -0.2) is 4.39 Å². The standard InChI is InChI=1S/C9H7BrClFO/c10-7(5-13)3-6-1-2-9(12)8(11)4-6/h1-2,4-5,7H,3H2. The molecule has 1 nitrogen and oxygen atoms in total. The Bertz CT molecular complexity index is 316. The smallest absolute Gasteiger partial charge is 0.141 e. The van der Waals surface area contributed by atoms with Crippen molar-refractivity contribution in [3.05, 3.63) is 34.6 Å². The second-order valence-corrected chi connectivity index (χ2v) is 4.19. The number of carbonyl (C=O) groups excluding carboxylic acids is 1. The Labute approximate surface area is 89.0 Å². The zero-order chi connectivity index (χ0) is 9.84. The van der Waals surface area contributed by atoms with Gasteiger partial charge >= 0.3 is 0 Å². The van der Waals surface area contributed by atoms with Gasteiger partial charge in [-0.3, -0.25) is 0 Å². The molecule has 0 amide bonds. The van der Waals surface area contributed by atoms with Gasteiger partial charge in [0.2, 0.25) is 0 Å². The highest BCUT2D eigenvalue weighted by atomic mass is 79.9. The third kappa shape index (κ3) is 3.08. The van der Waals surface area contributed by atoms with E-state index in [0.29, 0.717) is 6.42 Å². The van der Waals surface area contributed by atoms with E-state index in [1.54, 1.807) is 6.07 Å². The van der Waals surface area contributed by atoms with Crippen molar-refractivity contribution in [2.45, 2.75) is 11.2 Å². The lowest BCUT2D eigenvalue weighted by atomic mass is 10.1. The summed E-state index contributed by atoms with van der Waals surface area (Å²) in [6.07, 6.45) is 1.31. The van der Waals surface area contributed by atoms with Crippen LogP contribution < -0.4 is 0 Å². The van der Waals surface area contributed by atoms with Gasteiger partial charge in [-0.1, -0.05) is 33.6 Å². The van der Waals surface area contributed by atoms with Crippen molar-refractivity contribution in [2.75, 3.05) is 0 Å². The molecule has 0 aromatic heterocycles. The van der Waals surface area contributed by atoms with Gasteiger partial charge in [0, 0.05) is 0 Å². The van der Waals surface area contributed by atoms with E-state index in [1.165, 1.54) is 12.1 Å². The van der Waals surface area contributed by atoms with Crippen LogP contribution in [-0.4, -0.2) is 11.1 Å². The number of hydrogen-bond donors (Lipinski definition) is 0. The fourth-order valence-electron chi connectivity index (χ4n) is 0.940. The monoisotopic (exact) mass is 264 g/mol. The molecule has 1 aromatic carbocycles. The van der Waals surface area contributed by atoms with Crippen LogP contribution in [0.5, 0.6) is 0 Å². The maximum absolute atomic E-state index is 12.7. The molecular formula is C9H7BrClFO. The van der Waals surface area contributed by atoms with Crippen LogP contribution in [0.2, 0.25) is 5.02 Å². The lowest BCUT2D eigenvalue weighted by Crippen LogP contribution is -2.03. The molecule has 1 unspecified atom stereocenters. The third-order valence-corrected chi connectivity index (χ3v) is 2.39. The number of alkyl halides is 1. The zero-order valence-electron chi connectivity index (χ0n) is 6.64. The minimum atomic E-state index is -0.442. The topological polar surface area (TPSA) is 17.1 Å². The van der Waals surface area contributed by atoms with E-state index in [0.717, 1.165) is 11.8 Å². The summed E-state index contributed by atoms with van der Waals surface area (Å²) < 4.78 is 12.7. The van der Waals surface area contributed by atoms with E-state index in [2.05, 4.69) is 15.9 Å². The minimum absolute atomic E-state index is 0.0862. The van der Waals surface area contributed by atoms with Crippen molar-refractivity contribution in [1.29, 1.82) is 0 Å². The first kappa shape index (κ1) is 10.7. The number of benzene rings is 1. The summed E-state index contributed by atoms with van der Waals surface area (Å²) in [5.41, 5.74) is 0.834. The molecule has 1 aromatic rings. The van der Waals surface area contributed by atoms with Crippen LogP contribution in [0.25, 0.3) is 0 Å². The Morgan fingerprint density at radius 2 is 2.31 bits per heavy atom. The summed E-state index contributed by atoms with van der Waals surface area (Å²) in [7, 11) is 0. The molecule has 13 heavy (non-hydrogen) atoms. The van der Waals surface area contributed by atoms with Crippen molar-refractivity contribution in [3.63, 3.8) is 0 Å². The van der Waals surface area contributed by atoms with Gasteiger partial charge in [-0.15, -0.1) is 0 Å². The van der Waals surface area contributed by atoms with Gasteiger partial charge in [0.25, 0.3) is 0 Å². The van der Waals surface area contributed by atoms with E-state index >= 15 is 0 Å². The maximum Gasteiger partial charge on any atom is 0.141 e. The highest BCUT2D eigenvalue weighted by molar-refractivity contribution is 9.09. The SMILES string of the molecule is O=CC(Br)Cc1ccc(F)c(Cl)c1. The lowest BCUT2D eigenvalue weighted by molar-refractivity contribution is -0.107. The van der Waals surface area contributed by atoms with Crippen LogP contribution in [0.1, 0.15) is 5.56 Å². The van der Waals surface area contributed by atoms with Crippen LogP contribution in [0.4, 0.5) is 4.39 Å². The average molecular weight is 266 g/mol. The second-order valence-electron chi connectivity index (χ2n) is 2.60. The zero-order valence-corrected chi connectivity index (χ0v) is 8.98. The van der Waals surface area contributed by atoms with Gasteiger partial charge in [0.15, 0.2) is 0 Å². The predicted octanol–water partition coefficient (Wildman–Crippen LogP) is 2.98. The van der Waals surface area contributed by atoms with E-state index in [-0.39, 0.29) is 9.85 Å². The van der Waals surface area contributed by atoms with Crippen molar-refractivity contribution >= 4 is 33.8 Å². The molecule has 0 saturated heterocycles. The molecule has 1 atom stereocenters. The van der Waals surface area contributed by atoms with Crippen LogP contribution in [0.15, 0.2) is 18.2 Å². The average Bonchev–Trinajstić information content (AvgIpc) is 2.11. The Balaban J connectivity index is 2.79. The van der Waals surface area contributed by atoms with Crippen LogP contribution >= 0.6 is 27.5 Å². The van der Waals surface area contributed by atoms with E-state index in [1.807, 2.05) is 0 Å². The van der Waals surface area contributed by atoms with Crippen LogP contribution in [0, 0.1) is 5.82 Å². The van der Waals surface area contributed by atoms with Gasteiger partial charge < -0.3 is 4.79 Å². The number of halogens is 3. The molecule has 0 aliphatic heterocycles. The summed E-state index contributed by atoms with van der Waals surface area (Å²) in [5.74, 6) is -0.442. The highest BCUT2D eigenvalue weighted by Crippen LogP contribution is 2.18. The van der Waals surface area contributed by atoms with Crippen molar-refractivity contribution < 1.29 is 9.18 Å². The Morgan fingerprint density at radius 1 is 1.62 bits per heavy atom. The fraction of sp³-hybridized carbons (Fsp3) is 0.222. The Morgan fingerprint density at radius 3 is 2.85 bits per heavy atom. The van der Waals surface area contributed by atoms with Crippen LogP contribution in [-0.2, 0) is 11.2 Å². The molecule has 70 valence electrons. The quantitative estimate of drug-likeness (QED) is 0.606. The number of aldehydes is 1. The number of hydrogen-bond acceptors (Lipinski definition) is 1. The normalized spacial score (nSPS) is 12.5. The molecule has 0 aliphatic carbocycles. The highest BCUT2D eigenvalue weighted by Gasteiger charge is 2.05. The van der Waals surface area contributed by atoms with Crippen molar-refractivity contribution in [1.82, 2.24) is 0 Å². The first-order valence-corrected chi connectivity index (χ1v) is 4.96. The minimum Gasteiger partial charge on any atom is -0.302 e. The molecule has 0 saturated carbocycles. The van der Waals surface area contributed by atoms with Crippen molar-refractivity contribution in [3.8, 4) is 0 Å². The molecule has 0 aliphatic rings.